The number of hydrogen-bond donors (Lipinski definition) is 1. The molecule has 1 aromatic carbocycles. The summed E-state index contributed by atoms with van der Waals surface area (Å²) in [6.45, 7) is 3.83. The fourth-order valence-corrected chi connectivity index (χ4v) is 1.87. The molecule has 0 unspecified atom stereocenters. The topological polar surface area (TPSA) is 68.6 Å². The highest BCUT2D eigenvalue weighted by Crippen LogP contribution is 2.26. The van der Waals surface area contributed by atoms with E-state index in [1.54, 1.807) is 20.4 Å². The number of methoxy groups -OCH3 is 2. The van der Waals surface area contributed by atoms with Gasteiger partial charge in [-0.1, -0.05) is 0 Å². The monoisotopic (exact) mass is 286 g/mol. The second kappa shape index (κ2) is 6.69. The van der Waals surface area contributed by atoms with Crippen LogP contribution in [0.5, 0.6) is 11.5 Å². The molecule has 110 valence electrons. The summed E-state index contributed by atoms with van der Waals surface area (Å²) < 4.78 is 10.4. The second-order valence-corrected chi connectivity index (χ2v) is 4.46. The molecule has 1 heterocycles. The van der Waals surface area contributed by atoms with Gasteiger partial charge >= 0.3 is 0 Å². The van der Waals surface area contributed by atoms with Crippen molar-refractivity contribution < 1.29 is 9.47 Å². The van der Waals surface area contributed by atoms with Gasteiger partial charge in [0.2, 0.25) is 5.95 Å². The van der Waals surface area contributed by atoms with Gasteiger partial charge in [0, 0.05) is 11.4 Å². The summed E-state index contributed by atoms with van der Waals surface area (Å²) in [5.74, 6) is 1.81. The zero-order chi connectivity index (χ0) is 15.2. The first-order valence-electron chi connectivity index (χ1n) is 6.46. The molecule has 0 saturated carbocycles. The lowest BCUT2D eigenvalue weighted by molar-refractivity contribution is 0.355. The Kier molecular flexibility index (Phi) is 4.71. The first-order chi connectivity index (χ1) is 10.1. The summed E-state index contributed by atoms with van der Waals surface area (Å²) in [5, 5.41) is 4.13. The van der Waals surface area contributed by atoms with Gasteiger partial charge in [0.05, 0.1) is 20.4 Å². The van der Waals surface area contributed by atoms with Gasteiger partial charge < -0.3 is 9.47 Å². The van der Waals surface area contributed by atoms with Gasteiger partial charge in [-0.3, -0.25) is 0 Å². The van der Waals surface area contributed by atoms with Crippen molar-refractivity contribution in [3.05, 3.63) is 41.2 Å². The molecule has 2 aromatic rings. The standard InChI is InChI=1S/C15H18N4O2/c1-10-7-11(2)18-15(17-10)19-16-9-12-5-6-13(20-3)14(8-12)21-4/h5-9H,1-4H3,(H,17,18,19)/b16-9-. The van der Waals surface area contributed by atoms with Gasteiger partial charge in [0.25, 0.3) is 0 Å². The molecule has 6 nitrogen and oxygen atoms in total. The predicted molar refractivity (Wildman–Crippen MR) is 82.3 cm³/mol. The first-order valence-corrected chi connectivity index (χ1v) is 6.46. The predicted octanol–water partition coefficient (Wildman–Crippen LogP) is 2.56. The third-order valence-corrected chi connectivity index (χ3v) is 2.77. The molecule has 1 N–H and O–H groups in total. The Balaban J connectivity index is 2.10. The summed E-state index contributed by atoms with van der Waals surface area (Å²) >= 11 is 0. The smallest absolute Gasteiger partial charge is 0.243 e. The van der Waals surface area contributed by atoms with E-state index in [1.807, 2.05) is 38.1 Å². The Morgan fingerprint density at radius 2 is 1.67 bits per heavy atom. The number of hydrogen-bond acceptors (Lipinski definition) is 6. The van der Waals surface area contributed by atoms with Crippen LogP contribution >= 0.6 is 0 Å². The normalized spacial score (nSPS) is 10.7. The van der Waals surface area contributed by atoms with E-state index in [4.69, 9.17) is 9.47 Å². The van der Waals surface area contributed by atoms with E-state index in [1.165, 1.54) is 0 Å². The number of aromatic nitrogens is 2. The van der Waals surface area contributed by atoms with E-state index in [2.05, 4.69) is 20.5 Å². The van der Waals surface area contributed by atoms with E-state index in [9.17, 15) is 0 Å². The quantitative estimate of drug-likeness (QED) is 0.675. The van der Waals surface area contributed by atoms with Crippen LogP contribution in [0.25, 0.3) is 0 Å². The number of aryl methyl sites for hydroxylation is 2. The van der Waals surface area contributed by atoms with Crippen molar-refractivity contribution in [2.75, 3.05) is 19.6 Å². The Hall–Kier alpha value is -2.63. The third kappa shape index (κ3) is 3.92. The molecule has 0 radical (unpaired) electrons. The van der Waals surface area contributed by atoms with Gasteiger partial charge in [-0.05, 0) is 43.7 Å². The number of benzene rings is 1. The average Bonchev–Trinajstić information content (AvgIpc) is 2.46. The van der Waals surface area contributed by atoms with Crippen molar-refractivity contribution in [2.24, 2.45) is 5.10 Å². The van der Waals surface area contributed by atoms with E-state index < -0.39 is 0 Å². The summed E-state index contributed by atoms with van der Waals surface area (Å²) in [7, 11) is 3.20. The minimum Gasteiger partial charge on any atom is -0.493 e. The molecule has 0 aliphatic carbocycles. The molecule has 0 fully saturated rings. The van der Waals surface area contributed by atoms with Gasteiger partial charge in [0.1, 0.15) is 0 Å². The summed E-state index contributed by atoms with van der Waals surface area (Å²) in [6, 6.07) is 7.46. The molecule has 0 atom stereocenters. The minimum atomic E-state index is 0.476. The van der Waals surface area contributed by atoms with E-state index in [0.29, 0.717) is 17.4 Å². The van der Waals surface area contributed by atoms with Crippen molar-refractivity contribution in [2.45, 2.75) is 13.8 Å². The molecule has 0 amide bonds. The van der Waals surface area contributed by atoms with Crippen LogP contribution in [-0.2, 0) is 0 Å². The highest BCUT2D eigenvalue weighted by atomic mass is 16.5. The summed E-state index contributed by atoms with van der Waals surface area (Å²) in [4.78, 5) is 8.49. The van der Waals surface area contributed by atoms with E-state index in [-0.39, 0.29) is 0 Å². The molecule has 0 saturated heterocycles. The summed E-state index contributed by atoms with van der Waals surface area (Å²) in [6.07, 6.45) is 1.67. The molecular formula is C15H18N4O2. The lowest BCUT2D eigenvalue weighted by Gasteiger charge is -2.07. The van der Waals surface area contributed by atoms with Crippen molar-refractivity contribution in [1.82, 2.24) is 9.97 Å². The van der Waals surface area contributed by atoms with Crippen LogP contribution in [0.15, 0.2) is 29.4 Å². The molecule has 0 aliphatic heterocycles. The van der Waals surface area contributed by atoms with Crippen molar-refractivity contribution in [3.63, 3.8) is 0 Å². The fraction of sp³-hybridized carbons (Fsp3) is 0.267. The lowest BCUT2D eigenvalue weighted by atomic mass is 10.2. The van der Waals surface area contributed by atoms with Gasteiger partial charge in [-0.2, -0.15) is 5.10 Å². The van der Waals surface area contributed by atoms with E-state index >= 15 is 0 Å². The van der Waals surface area contributed by atoms with Crippen LogP contribution in [0.2, 0.25) is 0 Å². The van der Waals surface area contributed by atoms with E-state index in [0.717, 1.165) is 17.0 Å². The third-order valence-electron chi connectivity index (χ3n) is 2.77. The Morgan fingerprint density at radius 3 is 2.29 bits per heavy atom. The Morgan fingerprint density at radius 1 is 1.00 bits per heavy atom. The number of nitrogens with zero attached hydrogens (tertiary/aromatic N) is 3. The maximum Gasteiger partial charge on any atom is 0.243 e. The van der Waals surface area contributed by atoms with Crippen molar-refractivity contribution in [1.29, 1.82) is 0 Å². The highest BCUT2D eigenvalue weighted by Gasteiger charge is 2.03. The van der Waals surface area contributed by atoms with Crippen LogP contribution in [0.4, 0.5) is 5.95 Å². The molecule has 21 heavy (non-hydrogen) atoms. The SMILES string of the molecule is COc1ccc(/C=N\Nc2nc(C)cc(C)n2)cc1OC. The number of anilines is 1. The molecule has 0 aliphatic rings. The molecule has 6 heteroatoms. The fourth-order valence-electron chi connectivity index (χ4n) is 1.87. The Bertz CT molecular complexity index is 636. The number of hydrazone groups is 1. The van der Waals surface area contributed by atoms with Crippen LogP contribution in [0.3, 0.4) is 0 Å². The molecule has 1 aromatic heterocycles. The molecule has 0 spiro atoms. The van der Waals surface area contributed by atoms with Crippen LogP contribution in [0, 0.1) is 13.8 Å². The van der Waals surface area contributed by atoms with Crippen LogP contribution < -0.4 is 14.9 Å². The van der Waals surface area contributed by atoms with Crippen LogP contribution in [0.1, 0.15) is 17.0 Å². The molecular weight excluding hydrogens is 268 g/mol. The van der Waals surface area contributed by atoms with Crippen molar-refractivity contribution in [3.8, 4) is 11.5 Å². The van der Waals surface area contributed by atoms with Crippen LogP contribution in [-0.4, -0.2) is 30.4 Å². The first kappa shape index (κ1) is 14.8. The largest absolute Gasteiger partial charge is 0.493 e. The number of nitrogens with one attached hydrogen (secondary N) is 1. The number of rotatable bonds is 5. The maximum absolute atomic E-state index is 5.24. The molecule has 2 rings (SSSR count). The van der Waals surface area contributed by atoms with Crippen molar-refractivity contribution >= 4 is 12.2 Å². The van der Waals surface area contributed by atoms with Gasteiger partial charge in [-0.15, -0.1) is 0 Å². The lowest BCUT2D eigenvalue weighted by Crippen LogP contribution is -2.00. The summed E-state index contributed by atoms with van der Waals surface area (Å²) in [5.41, 5.74) is 5.48. The molecule has 0 bridgehead atoms. The highest BCUT2D eigenvalue weighted by molar-refractivity contribution is 5.81. The number of ether oxygens (including phenoxy) is 2. The second-order valence-electron chi connectivity index (χ2n) is 4.46. The minimum absolute atomic E-state index is 0.476. The zero-order valence-electron chi connectivity index (χ0n) is 12.5. The zero-order valence-corrected chi connectivity index (χ0v) is 12.5. The van der Waals surface area contributed by atoms with Gasteiger partial charge in [0.15, 0.2) is 11.5 Å². The average molecular weight is 286 g/mol. The Labute approximate surface area is 123 Å². The maximum atomic E-state index is 5.24. The van der Waals surface area contributed by atoms with Gasteiger partial charge in [-0.25, -0.2) is 15.4 Å².